The van der Waals surface area contributed by atoms with Crippen LogP contribution in [-0.4, -0.2) is 26.0 Å². The zero-order chi connectivity index (χ0) is 33.6. The number of nitrogens with one attached hydrogen (secondary N) is 1. The zero-order valence-corrected chi connectivity index (χ0v) is 27.9. The minimum absolute atomic E-state index is 0.211. The topological polar surface area (TPSA) is 76.2 Å². The Bertz CT molecular complexity index is 2400. The monoisotopic (exact) mass is 665 g/mol. The summed E-state index contributed by atoms with van der Waals surface area (Å²) in [7, 11) is 0. The number of hydrogen-bond acceptors (Lipinski definition) is 7. The van der Waals surface area contributed by atoms with Gasteiger partial charge in [-0.1, -0.05) is 128 Å². The van der Waals surface area contributed by atoms with Crippen LogP contribution in [0.5, 0.6) is 0 Å². The Hall–Kier alpha value is -6.05. The molecule has 50 heavy (non-hydrogen) atoms. The van der Waals surface area contributed by atoms with Gasteiger partial charge in [-0.2, -0.15) is 0 Å². The maximum atomic E-state index is 6.36. The Kier molecular flexibility index (Phi) is 7.47. The largest absolute Gasteiger partial charge is 0.456 e. The number of benzene rings is 4. The van der Waals surface area contributed by atoms with Crippen LogP contribution in [0, 0.1) is 0 Å². The SMILES string of the molecule is C=C/C=C(\C=C)C1NC(C2=CC=C3c4c(cccc4-c4nc(-c5ccccc5)nc(-c5ccccc5)n4)SC3C2)=Nc2c1oc1ccccc21. The molecule has 0 fully saturated rings. The van der Waals surface area contributed by atoms with Gasteiger partial charge in [0, 0.05) is 37.8 Å². The molecule has 240 valence electrons. The van der Waals surface area contributed by atoms with Crippen molar-refractivity contribution in [2.75, 3.05) is 0 Å². The van der Waals surface area contributed by atoms with Gasteiger partial charge in [-0.3, -0.25) is 0 Å². The molecule has 3 aliphatic rings. The average Bonchev–Trinajstić information content (AvgIpc) is 3.75. The zero-order valence-electron chi connectivity index (χ0n) is 27.1. The van der Waals surface area contributed by atoms with E-state index in [9.17, 15) is 0 Å². The third-order valence-corrected chi connectivity index (χ3v) is 10.6. The van der Waals surface area contributed by atoms with Crippen LogP contribution in [0.25, 0.3) is 50.7 Å². The lowest BCUT2D eigenvalue weighted by molar-refractivity contribution is 0.503. The summed E-state index contributed by atoms with van der Waals surface area (Å²) < 4.78 is 6.36. The molecule has 2 unspecified atom stereocenters. The van der Waals surface area contributed by atoms with E-state index >= 15 is 0 Å². The van der Waals surface area contributed by atoms with Crippen LogP contribution in [0.3, 0.4) is 0 Å². The second kappa shape index (κ2) is 12.4. The van der Waals surface area contributed by atoms with E-state index in [4.69, 9.17) is 24.4 Å². The van der Waals surface area contributed by atoms with Gasteiger partial charge in [-0.05, 0) is 41.3 Å². The highest BCUT2D eigenvalue weighted by Crippen LogP contribution is 2.52. The van der Waals surface area contributed by atoms with Gasteiger partial charge in [0.05, 0.1) is 0 Å². The second-order valence-corrected chi connectivity index (χ2v) is 13.5. The van der Waals surface area contributed by atoms with Crippen molar-refractivity contribution in [3.05, 3.63) is 169 Å². The quantitative estimate of drug-likeness (QED) is 0.171. The molecular formula is C43H31N5OS. The molecule has 2 aromatic heterocycles. The molecule has 0 amide bonds. The summed E-state index contributed by atoms with van der Waals surface area (Å²) in [4.78, 5) is 21.4. The van der Waals surface area contributed by atoms with Gasteiger partial charge in [0.25, 0.3) is 0 Å². The van der Waals surface area contributed by atoms with Gasteiger partial charge in [0.15, 0.2) is 23.2 Å². The van der Waals surface area contributed by atoms with Crippen LogP contribution in [0.2, 0.25) is 0 Å². The molecule has 1 aliphatic carbocycles. The van der Waals surface area contributed by atoms with Crippen molar-refractivity contribution in [1.82, 2.24) is 20.3 Å². The summed E-state index contributed by atoms with van der Waals surface area (Å²) in [6, 6.07) is 34.5. The number of furan rings is 1. The summed E-state index contributed by atoms with van der Waals surface area (Å²) in [5.41, 5.74) is 9.14. The summed E-state index contributed by atoms with van der Waals surface area (Å²) in [6.45, 7) is 8.01. The van der Waals surface area contributed by atoms with Crippen molar-refractivity contribution in [3.8, 4) is 34.2 Å². The molecular weight excluding hydrogens is 635 g/mol. The summed E-state index contributed by atoms with van der Waals surface area (Å²) >= 11 is 1.88. The van der Waals surface area contributed by atoms with Crippen LogP contribution >= 0.6 is 11.8 Å². The molecule has 4 aromatic carbocycles. The highest BCUT2D eigenvalue weighted by Gasteiger charge is 2.36. The number of rotatable bonds is 7. The van der Waals surface area contributed by atoms with E-state index in [0.717, 1.165) is 62.5 Å². The van der Waals surface area contributed by atoms with Crippen LogP contribution < -0.4 is 5.32 Å². The first-order valence-corrected chi connectivity index (χ1v) is 17.5. The van der Waals surface area contributed by atoms with E-state index in [-0.39, 0.29) is 11.3 Å². The molecule has 0 saturated heterocycles. The molecule has 4 heterocycles. The van der Waals surface area contributed by atoms with E-state index < -0.39 is 0 Å². The minimum atomic E-state index is -0.242. The number of fused-ring (bicyclic) bond motifs is 6. The number of para-hydroxylation sites is 1. The van der Waals surface area contributed by atoms with Crippen LogP contribution in [0.4, 0.5) is 5.69 Å². The Morgan fingerprint density at radius 2 is 1.48 bits per heavy atom. The Morgan fingerprint density at radius 1 is 0.780 bits per heavy atom. The van der Waals surface area contributed by atoms with E-state index in [1.165, 1.54) is 16.0 Å². The van der Waals surface area contributed by atoms with Gasteiger partial charge in [-0.15, -0.1) is 11.8 Å². The first-order valence-electron chi connectivity index (χ1n) is 16.6. The molecule has 0 radical (unpaired) electrons. The Labute approximate surface area is 294 Å². The number of hydrogen-bond donors (Lipinski definition) is 1. The smallest absolute Gasteiger partial charge is 0.164 e. The lowest BCUT2D eigenvalue weighted by Crippen LogP contribution is -2.34. The van der Waals surface area contributed by atoms with Gasteiger partial charge in [0.1, 0.15) is 23.1 Å². The fourth-order valence-electron chi connectivity index (χ4n) is 6.92. The molecule has 0 bridgehead atoms. The molecule has 0 saturated carbocycles. The van der Waals surface area contributed by atoms with Crippen molar-refractivity contribution in [3.63, 3.8) is 0 Å². The van der Waals surface area contributed by atoms with Crippen LogP contribution in [0.1, 0.15) is 23.8 Å². The number of aliphatic imine (C=N–C) groups is 1. The molecule has 0 spiro atoms. The third kappa shape index (κ3) is 5.14. The van der Waals surface area contributed by atoms with Gasteiger partial charge in [-0.25, -0.2) is 19.9 Å². The van der Waals surface area contributed by atoms with Crippen molar-refractivity contribution >= 4 is 39.8 Å². The number of allylic oxidation sites excluding steroid dienone is 4. The molecule has 9 rings (SSSR count). The van der Waals surface area contributed by atoms with Crippen LogP contribution in [-0.2, 0) is 0 Å². The van der Waals surface area contributed by atoms with Gasteiger partial charge in [0.2, 0.25) is 0 Å². The fraction of sp³-hybridized carbons (Fsp3) is 0.0698. The summed E-state index contributed by atoms with van der Waals surface area (Å²) in [6.07, 6.45) is 10.9. The average molecular weight is 666 g/mol. The molecule has 7 heteroatoms. The highest BCUT2D eigenvalue weighted by molar-refractivity contribution is 8.00. The van der Waals surface area contributed by atoms with Crippen molar-refractivity contribution in [1.29, 1.82) is 0 Å². The van der Waals surface area contributed by atoms with Crippen molar-refractivity contribution in [2.45, 2.75) is 22.6 Å². The lowest BCUT2D eigenvalue weighted by atomic mass is 9.89. The first kappa shape index (κ1) is 30.0. The number of thioether (sulfide) groups is 1. The normalized spacial score (nSPS) is 17.8. The minimum Gasteiger partial charge on any atom is -0.456 e. The molecule has 6 aromatic rings. The number of amidine groups is 1. The van der Waals surface area contributed by atoms with E-state index in [0.29, 0.717) is 17.5 Å². The van der Waals surface area contributed by atoms with E-state index in [2.05, 4.69) is 54.9 Å². The molecule has 2 atom stereocenters. The van der Waals surface area contributed by atoms with Crippen LogP contribution in [0.15, 0.2) is 172 Å². The predicted octanol–water partition coefficient (Wildman–Crippen LogP) is 10.5. The molecule has 6 nitrogen and oxygen atoms in total. The van der Waals surface area contributed by atoms with Gasteiger partial charge < -0.3 is 9.73 Å². The fourth-order valence-corrected chi connectivity index (χ4v) is 8.32. The predicted molar refractivity (Wildman–Crippen MR) is 204 cm³/mol. The standard InChI is InChI=1S/C43H31N5OS/c1-3-14-26(4-2)37-39-38(30-19-11-12-21-33(30)49-39)45-42(44-37)29-23-24-31-35(25-29)50-34-22-13-20-32(36(31)34)43-47-40(27-15-7-5-8-16-27)46-41(48-43)28-17-9-6-10-18-28/h3-24,35,37H,1-2,25H2,(H,44,45)/b26-14+. The van der Waals surface area contributed by atoms with E-state index in [1.54, 1.807) is 6.08 Å². The first-order chi connectivity index (χ1) is 24.7. The molecule has 2 aliphatic heterocycles. The third-order valence-electron chi connectivity index (χ3n) is 9.29. The Balaban J connectivity index is 1.14. The number of aromatic nitrogens is 3. The Morgan fingerprint density at radius 3 is 2.20 bits per heavy atom. The van der Waals surface area contributed by atoms with E-state index in [1.807, 2.05) is 103 Å². The summed E-state index contributed by atoms with van der Waals surface area (Å²) in [5, 5.41) is 4.90. The summed E-state index contributed by atoms with van der Waals surface area (Å²) in [5.74, 6) is 3.60. The second-order valence-electron chi connectivity index (χ2n) is 12.3. The molecule has 1 N–H and O–H groups in total. The highest BCUT2D eigenvalue weighted by atomic mass is 32.2. The number of nitrogens with zero attached hydrogens (tertiary/aromatic N) is 4. The maximum Gasteiger partial charge on any atom is 0.164 e. The van der Waals surface area contributed by atoms with Crippen molar-refractivity contribution < 1.29 is 4.42 Å². The van der Waals surface area contributed by atoms with Gasteiger partial charge >= 0.3 is 0 Å². The van der Waals surface area contributed by atoms with Crippen molar-refractivity contribution in [2.24, 2.45) is 4.99 Å². The lowest BCUT2D eigenvalue weighted by Gasteiger charge is -2.28. The maximum absolute atomic E-state index is 6.36.